The number of hydrogen-bond acceptors (Lipinski definition) is 3. The van der Waals surface area contributed by atoms with Crippen molar-refractivity contribution in [3.63, 3.8) is 0 Å². The third-order valence-electron chi connectivity index (χ3n) is 3.78. The van der Waals surface area contributed by atoms with Gasteiger partial charge in [-0.05, 0) is 49.2 Å². The van der Waals surface area contributed by atoms with E-state index < -0.39 is 0 Å². The van der Waals surface area contributed by atoms with E-state index in [9.17, 15) is 9.59 Å². The van der Waals surface area contributed by atoms with Gasteiger partial charge in [0.05, 0.1) is 6.54 Å². The predicted molar refractivity (Wildman–Crippen MR) is 104 cm³/mol. The average molecular weight is 375 g/mol. The molecule has 0 aliphatic heterocycles. The number of nitrogens with one attached hydrogen (secondary N) is 1. The summed E-state index contributed by atoms with van der Waals surface area (Å²) in [7, 11) is 0. The van der Waals surface area contributed by atoms with Crippen LogP contribution in [0.3, 0.4) is 0 Å². The van der Waals surface area contributed by atoms with Gasteiger partial charge >= 0.3 is 0 Å². The second kappa shape index (κ2) is 9.82. The first-order valence-corrected chi connectivity index (χ1v) is 8.89. The third kappa shape index (κ3) is 6.08. The Morgan fingerprint density at radius 3 is 2.46 bits per heavy atom. The molecule has 0 spiro atoms. The molecule has 26 heavy (non-hydrogen) atoms. The van der Waals surface area contributed by atoms with Crippen LogP contribution in [0.5, 0.6) is 5.75 Å². The molecule has 2 rings (SSSR count). The number of nitrogens with zero attached hydrogens (tertiary/aromatic N) is 1. The zero-order valence-electron chi connectivity index (χ0n) is 15.0. The van der Waals surface area contributed by atoms with Crippen molar-refractivity contribution >= 4 is 29.1 Å². The van der Waals surface area contributed by atoms with Crippen molar-refractivity contribution in [1.29, 1.82) is 0 Å². The molecule has 138 valence electrons. The summed E-state index contributed by atoms with van der Waals surface area (Å²) < 4.78 is 5.49. The van der Waals surface area contributed by atoms with Crippen LogP contribution in [-0.4, -0.2) is 36.4 Å². The summed E-state index contributed by atoms with van der Waals surface area (Å²) in [5.41, 5.74) is 1.72. The number of halogens is 1. The van der Waals surface area contributed by atoms with E-state index in [1.807, 2.05) is 38.1 Å². The Morgan fingerprint density at radius 2 is 1.81 bits per heavy atom. The number of amides is 2. The van der Waals surface area contributed by atoms with Crippen molar-refractivity contribution in [3.8, 4) is 5.75 Å². The molecule has 0 aliphatic rings. The van der Waals surface area contributed by atoms with Crippen molar-refractivity contribution in [2.24, 2.45) is 0 Å². The highest BCUT2D eigenvalue weighted by Crippen LogP contribution is 2.16. The number of anilines is 1. The van der Waals surface area contributed by atoms with Gasteiger partial charge in [0.15, 0.2) is 6.61 Å². The summed E-state index contributed by atoms with van der Waals surface area (Å²) in [6.07, 6.45) is 0.754. The first-order chi connectivity index (χ1) is 12.5. The summed E-state index contributed by atoms with van der Waals surface area (Å²) in [6.45, 7) is 4.23. The Bertz CT molecular complexity index is 747. The number of carbonyl (C=O) groups is 2. The van der Waals surface area contributed by atoms with Gasteiger partial charge in [0, 0.05) is 17.3 Å². The molecule has 0 aromatic heterocycles. The number of benzene rings is 2. The molecule has 5 nitrogen and oxygen atoms in total. The van der Waals surface area contributed by atoms with Crippen LogP contribution in [-0.2, 0) is 9.59 Å². The van der Waals surface area contributed by atoms with Gasteiger partial charge in [-0.2, -0.15) is 0 Å². The van der Waals surface area contributed by atoms with Gasteiger partial charge in [-0.1, -0.05) is 36.7 Å². The molecule has 0 heterocycles. The average Bonchev–Trinajstić information content (AvgIpc) is 2.62. The van der Waals surface area contributed by atoms with Gasteiger partial charge in [0.1, 0.15) is 5.75 Å². The van der Waals surface area contributed by atoms with Crippen molar-refractivity contribution in [2.45, 2.75) is 20.3 Å². The van der Waals surface area contributed by atoms with Crippen LogP contribution >= 0.6 is 11.6 Å². The minimum absolute atomic E-state index is 0.00894. The van der Waals surface area contributed by atoms with Gasteiger partial charge in [-0.15, -0.1) is 0 Å². The van der Waals surface area contributed by atoms with E-state index in [1.165, 1.54) is 4.90 Å². The minimum atomic E-state index is -0.235. The molecule has 0 radical (unpaired) electrons. The van der Waals surface area contributed by atoms with E-state index in [2.05, 4.69) is 5.32 Å². The maximum atomic E-state index is 12.4. The second-order valence-corrected chi connectivity index (χ2v) is 6.36. The molecule has 0 bridgehead atoms. The Labute approximate surface area is 158 Å². The van der Waals surface area contributed by atoms with Crippen LogP contribution in [0, 0.1) is 6.92 Å². The minimum Gasteiger partial charge on any atom is -0.484 e. The summed E-state index contributed by atoms with van der Waals surface area (Å²) >= 11 is 5.83. The lowest BCUT2D eigenvalue weighted by atomic mass is 10.2. The number of carbonyl (C=O) groups excluding carboxylic acids is 2. The highest BCUT2D eigenvalue weighted by molar-refractivity contribution is 6.30. The topological polar surface area (TPSA) is 58.6 Å². The normalized spacial score (nSPS) is 10.3. The summed E-state index contributed by atoms with van der Waals surface area (Å²) in [5.74, 6) is 0.0953. The number of aryl methyl sites for hydroxylation is 1. The lowest BCUT2D eigenvalue weighted by Crippen LogP contribution is -2.41. The van der Waals surface area contributed by atoms with Crippen LogP contribution in [0.15, 0.2) is 48.5 Å². The summed E-state index contributed by atoms with van der Waals surface area (Å²) in [6, 6.07) is 14.3. The van der Waals surface area contributed by atoms with Crippen molar-refractivity contribution in [3.05, 3.63) is 59.1 Å². The van der Waals surface area contributed by atoms with Crippen LogP contribution in [0.2, 0.25) is 5.02 Å². The number of para-hydroxylation sites is 1. The van der Waals surface area contributed by atoms with E-state index in [4.69, 9.17) is 16.3 Å². The maximum Gasteiger partial charge on any atom is 0.260 e. The quantitative estimate of drug-likeness (QED) is 0.762. The van der Waals surface area contributed by atoms with E-state index in [-0.39, 0.29) is 25.0 Å². The fraction of sp³-hybridized carbons (Fsp3) is 0.300. The highest BCUT2D eigenvalue weighted by atomic mass is 35.5. The monoisotopic (exact) mass is 374 g/mol. The highest BCUT2D eigenvalue weighted by Gasteiger charge is 2.17. The van der Waals surface area contributed by atoms with Crippen LogP contribution in [0.25, 0.3) is 0 Å². The van der Waals surface area contributed by atoms with Gasteiger partial charge < -0.3 is 15.0 Å². The maximum absolute atomic E-state index is 12.4. The molecule has 2 aromatic rings. The largest absolute Gasteiger partial charge is 0.484 e. The van der Waals surface area contributed by atoms with E-state index >= 15 is 0 Å². The van der Waals surface area contributed by atoms with Crippen LogP contribution in [0.4, 0.5) is 5.69 Å². The fourth-order valence-corrected chi connectivity index (χ4v) is 2.53. The number of ether oxygens (including phenoxy) is 1. The first-order valence-electron chi connectivity index (χ1n) is 8.51. The zero-order chi connectivity index (χ0) is 18.9. The molecule has 0 atom stereocenters. The number of hydrogen-bond donors (Lipinski definition) is 1. The van der Waals surface area contributed by atoms with Crippen molar-refractivity contribution in [1.82, 2.24) is 4.90 Å². The summed E-state index contributed by atoms with van der Waals surface area (Å²) in [4.78, 5) is 26.2. The standard InChI is InChI=1S/C20H23ClN2O3/c1-3-12-23(13-19(24)22-18-7-5-4-6-15(18)2)20(25)14-26-17-10-8-16(21)9-11-17/h4-11H,3,12-14H2,1-2H3,(H,22,24). The molecule has 0 saturated carbocycles. The van der Waals surface area contributed by atoms with Gasteiger partial charge in [-0.25, -0.2) is 0 Å². The van der Waals surface area contributed by atoms with Crippen molar-refractivity contribution in [2.75, 3.05) is 25.0 Å². The lowest BCUT2D eigenvalue weighted by molar-refractivity contribution is -0.136. The first kappa shape index (κ1) is 19.8. The smallest absolute Gasteiger partial charge is 0.260 e. The van der Waals surface area contributed by atoms with Crippen LogP contribution < -0.4 is 10.1 Å². The zero-order valence-corrected chi connectivity index (χ0v) is 15.8. The van der Waals surface area contributed by atoms with Gasteiger partial charge in [0.2, 0.25) is 5.91 Å². The Balaban J connectivity index is 1.91. The lowest BCUT2D eigenvalue weighted by Gasteiger charge is -2.22. The SMILES string of the molecule is CCCN(CC(=O)Nc1ccccc1C)C(=O)COc1ccc(Cl)cc1. The molecule has 1 N–H and O–H groups in total. The fourth-order valence-electron chi connectivity index (χ4n) is 2.41. The van der Waals surface area contributed by atoms with Crippen LogP contribution in [0.1, 0.15) is 18.9 Å². The molecule has 0 saturated heterocycles. The van der Waals surface area contributed by atoms with Gasteiger partial charge in [0.25, 0.3) is 5.91 Å². The molecule has 0 aliphatic carbocycles. The molecule has 2 amide bonds. The Hall–Kier alpha value is -2.53. The Morgan fingerprint density at radius 1 is 1.12 bits per heavy atom. The van der Waals surface area contributed by atoms with E-state index in [0.717, 1.165) is 17.7 Å². The van der Waals surface area contributed by atoms with Crippen molar-refractivity contribution < 1.29 is 14.3 Å². The van der Waals surface area contributed by atoms with E-state index in [1.54, 1.807) is 24.3 Å². The predicted octanol–water partition coefficient (Wildman–Crippen LogP) is 3.90. The second-order valence-electron chi connectivity index (χ2n) is 5.92. The molecule has 6 heteroatoms. The molecule has 2 aromatic carbocycles. The molecular formula is C20H23ClN2O3. The third-order valence-corrected chi connectivity index (χ3v) is 4.03. The molecular weight excluding hydrogens is 352 g/mol. The number of rotatable bonds is 8. The Kier molecular flexibility index (Phi) is 7.48. The van der Waals surface area contributed by atoms with Gasteiger partial charge in [-0.3, -0.25) is 9.59 Å². The molecule has 0 fully saturated rings. The molecule has 0 unspecified atom stereocenters. The van der Waals surface area contributed by atoms with E-state index in [0.29, 0.717) is 17.3 Å². The summed E-state index contributed by atoms with van der Waals surface area (Å²) in [5, 5.41) is 3.45.